The fourth-order valence-electron chi connectivity index (χ4n) is 2.70. The summed E-state index contributed by atoms with van der Waals surface area (Å²) in [6.07, 6.45) is 4.99. The molecule has 128 valence electrons. The lowest BCUT2D eigenvalue weighted by molar-refractivity contribution is -0.124. The van der Waals surface area contributed by atoms with E-state index in [-0.39, 0.29) is 18.1 Å². The Labute approximate surface area is 141 Å². The first-order valence-electron chi connectivity index (χ1n) is 8.22. The Bertz CT molecular complexity index is 618. The maximum Gasteiger partial charge on any atom is 0.220 e. The molecule has 0 bridgehead atoms. The number of amides is 1. The van der Waals surface area contributed by atoms with Gasteiger partial charge in [-0.15, -0.1) is 0 Å². The molecule has 7 heteroatoms. The average molecular weight is 330 g/mol. The van der Waals surface area contributed by atoms with Gasteiger partial charge in [-0.05, 0) is 18.6 Å². The largest absolute Gasteiger partial charge is 0.488 e. The van der Waals surface area contributed by atoms with E-state index < -0.39 is 0 Å². The highest BCUT2D eigenvalue weighted by molar-refractivity contribution is 5.76. The molecule has 0 spiro atoms. The van der Waals surface area contributed by atoms with Gasteiger partial charge in [0.1, 0.15) is 24.5 Å². The van der Waals surface area contributed by atoms with Crippen molar-refractivity contribution in [1.29, 1.82) is 0 Å². The van der Waals surface area contributed by atoms with Gasteiger partial charge in [0.25, 0.3) is 0 Å². The van der Waals surface area contributed by atoms with E-state index >= 15 is 0 Å². The summed E-state index contributed by atoms with van der Waals surface area (Å²) in [4.78, 5) is 16.1. The van der Waals surface area contributed by atoms with Crippen molar-refractivity contribution in [2.75, 3.05) is 13.2 Å². The zero-order chi connectivity index (χ0) is 16.6. The maximum absolute atomic E-state index is 12.2. The lowest BCUT2D eigenvalue weighted by Crippen LogP contribution is -2.51. The number of rotatable bonds is 7. The molecular formula is C17H22N4O3. The number of carbonyl (C=O) groups is 1. The highest BCUT2D eigenvalue weighted by Crippen LogP contribution is 2.18. The van der Waals surface area contributed by atoms with Crippen LogP contribution in [0.5, 0.6) is 5.75 Å². The summed E-state index contributed by atoms with van der Waals surface area (Å²) in [5, 5.41) is 7.06. The monoisotopic (exact) mass is 330 g/mol. The Morgan fingerprint density at radius 3 is 3.04 bits per heavy atom. The van der Waals surface area contributed by atoms with Crippen LogP contribution >= 0.6 is 0 Å². The third-order valence-corrected chi connectivity index (χ3v) is 3.93. The van der Waals surface area contributed by atoms with Crippen molar-refractivity contribution in [2.24, 2.45) is 0 Å². The second-order valence-electron chi connectivity index (χ2n) is 5.77. The van der Waals surface area contributed by atoms with Crippen LogP contribution in [0.2, 0.25) is 0 Å². The maximum atomic E-state index is 12.2. The number of para-hydroxylation sites is 1. The van der Waals surface area contributed by atoms with Crippen molar-refractivity contribution in [1.82, 2.24) is 20.1 Å². The third-order valence-electron chi connectivity index (χ3n) is 3.93. The minimum absolute atomic E-state index is 0.00674. The molecule has 2 atom stereocenters. The van der Waals surface area contributed by atoms with E-state index in [1.807, 2.05) is 30.3 Å². The Balaban J connectivity index is 1.47. The minimum atomic E-state index is -0.127. The quantitative estimate of drug-likeness (QED) is 0.830. The second kappa shape index (κ2) is 8.44. The number of ether oxygens (including phenoxy) is 2. The fourth-order valence-corrected chi connectivity index (χ4v) is 2.70. The molecular weight excluding hydrogens is 308 g/mol. The molecule has 1 aliphatic heterocycles. The summed E-state index contributed by atoms with van der Waals surface area (Å²) in [7, 11) is 0. The number of hydrogen-bond acceptors (Lipinski definition) is 5. The minimum Gasteiger partial charge on any atom is -0.488 e. The van der Waals surface area contributed by atoms with Gasteiger partial charge in [0, 0.05) is 19.4 Å². The molecule has 0 radical (unpaired) electrons. The van der Waals surface area contributed by atoms with E-state index in [1.165, 1.54) is 6.33 Å². The summed E-state index contributed by atoms with van der Waals surface area (Å²) in [6.45, 7) is 1.81. The highest BCUT2D eigenvalue weighted by atomic mass is 16.5. The molecule has 1 fully saturated rings. The number of carbonyl (C=O) groups excluding carboxylic acids is 1. The van der Waals surface area contributed by atoms with E-state index in [1.54, 1.807) is 11.0 Å². The molecule has 3 rings (SSSR count). The van der Waals surface area contributed by atoms with Gasteiger partial charge < -0.3 is 14.8 Å². The van der Waals surface area contributed by atoms with Crippen molar-refractivity contribution in [3.63, 3.8) is 0 Å². The first kappa shape index (κ1) is 16.4. The molecule has 2 heterocycles. The normalized spacial score (nSPS) is 20.5. The van der Waals surface area contributed by atoms with Crippen molar-refractivity contribution < 1.29 is 14.3 Å². The van der Waals surface area contributed by atoms with Crippen LogP contribution < -0.4 is 10.1 Å². The van der Waals surface area contributed by atoms with E-state index in [4.69, 9.17) is 9.47 Å². The first-order chi connectivity index (χ1) is 11.8. The number of hydrogen-bond donors (Lipinski definition) is 1. The molecule has 1 aliphatic rings. The number of aromatic nitrogens is 3. The zero-order valence-electron chi connectivity index (χ0n) is 13.5. The lowest BCUT2D eigenvalue weighted by Gasteiger charge is -2.32. The molecule has 24 heavy (non-hydrogen) atoms. The molecule has 0 unspecified atom stereocenters. The SMILES string of the molecule is O=C(CCCn1cncn1)N[C@@H]1COCC[C@@H]1Oc1ccccc1. The van der Waals surface area contributed by atoms with Gasteiger partial charge in [-0.2, -0.15) is 5.10 Å². The Hall–Kier alpha value is -2.41. The van der Waals surface area contributed by atoms with E-state index in [0.717, 1.165) is 12.2 Å². The summed E-state index contributed by atoms with van der Waals surface area (Å²) in [5.74, 6) is 0.821. The van der Waals surface area contributed by atoms with E-state index in [9.17, 15) is 4.79 Å². The molecule has 1 aromatic carbocycles. The molecule has 7 nitrogen and oxygen atoms in total. The molecule has 1 N–H and O–H groups in total. The van der Waals surface area contributed by atoms with Gasteiger partial charge in [-0.25, -0.2) is 4.98 Å². The fraction of sp³-hybridized carbons (Fsp3) is 0.471. The molecule has 2 aromatic rings. The molecule has 0 aliphatic carbocycles. The summed E-state index contributed by atoms with van der Waals surface area (Å²) >= 11 is 0. The van der Waals surface area contributed by atoms with Crippen LogP contribution in [-0.4, -0.2) is 46.0 Å². The third kappa shape index (κ3) is 4.79. The summed E-state index contributed by atoms with van der Waals surface area (Å²) < 4.78 is 13.2. The second-order valence-corrected chi connectivity index (χ2v) is 5.77. The van der Waals surface area contributed by atoms with Crippen molar-refractivity contribution in [3.05, 3.63) is 43.0 Å². The van der Waals surface area contributed by atoms with Crippen molar-refractivity contribution in [3.8, 4) is 5.75 Å². The van der Waals surface area contributed by atoms with Crippen LogP contribution in [-0.2, 0) is 16.1 Å². The Morgan fingerprint density at radius 1 is 1.38 bits per heavy atom. The van der Waals surface area contributed by atoms with Gasteiger partial charge in [0.15, 0.2) is 0 Å². The zero-order valence-corrected chi connectivity index (χ0v) is 13.5. The first-order valence-corrected chi connectivity index (χ1v) is 8.22. The number of benzene rings is 1. The highest BCUT2D eigenvalue weighted by Gasteiger charge is 2.28. The van der Waals surface area contributed by atoms with E-state index in [0.29, 0.717) is 32.6 Å². The Kier molecular flexibility index (Phi) is 5.79. The van der Waals surface area contributed by atoms with Crippen LogP contribution in [0.15, 0.2) is 43.0 Å². The predicted molar refractivity (Wildman–Crippen MR) is 87.5 cm³/mol. The van der Waals surface area contributed by atoms with Gasteiger partial charge >= 0.3 is 0 Å². The molecule has 0 saturated carbocycles. The molecule has 1 aromatic heterocycles. The number of aryl methyl sites for hydroxylation is 1. The predicted octanol–water partition coefficient (Wildman–Crippen LogP) is 1.41. The van der Waals surface area contributed by atoms with Crippen molar-refractivity contribution >= 4 is 5.91 Å². The standard InChI is InChI=1S/C17H22N4O3/c22-17(7-4-9-21-13-18-12-19-21)20-15-11-23-10-8-16(15)24-14-5-2-1-3-6-14/h1-3,5-6,12-13,15-16H,4,7-11H2,(H,20,22)/t15-,16+/m1/s1. The van der Waals surface area contributed by atoms with Crippen LogP contribution in [0.1, 0.15) is 19.3 Å². The smallest absolute Gasteiger partial charge is 0.220 e. The van der Waals surface area contributed by atoms with Gasteiger partial charge in [-0.3, -0.25) is 9.48 Å². The molecule has 1 saturated heterocycles. The Morgan fingerprint density at radius 2 is 2.25 bits per heavy atom. The lowest BCUT2D eigenvalue weighted by atomic mass is 10.1. The van der Waals surface area contributed by atoms with Crippen LogP contribution in [0.4, 0.5) is 0 Å². The molecule has 1 amide bonds. The van der Waals surface area contributed by atoms with Gasteiger partial charge in [0.2, 0.25) is 5.91 Å². The number of nitrogens with one attached hydrogen (secondary N) is 1. The number of nitrogens with zero attached hydrogens (tertiary/aromatic N) is 3. The van der Waals surface area contributed by atoms with E-state index in [2.05, 4.69) is 15.4 Å². The van der Waals surface area contributed by atoms with Crippen LogP contribution in [0, 0.1) is 0 Å². The van der Waals surface area contributed by atoms with Crippen molar-refractivity contribution in [2.45, 2.75) is 38.0 Å². The van der Waals surface area contributed by atoms with Crippen LogP contribution in [0.25, 0.3) is 0 Å². The van der Waals surface area contributed by atoms with Gasteiger partial charge in [0.05, 0.1) is 19.3 Å². The topological polar surface area (TPSA) is 78.3 Å². The average Bonchev–Trinajstić information content (AvgIpc) is 3.11. The van der Waals surface area contributed by atoms with Gasteiger partial charge in [-0.1, -0.05) is 18.2 Å². The summed E-state index contributed by atoms with van der Waals surface area (Å²) in [5.41, 5.74) is 0. The summed E-state index contributed by atoms with van der Waals surface area (Å²) in [6, 6.07) is 9.54. The van der Waals surface area contributed by atoms with Crippen LogP contribution in [0.3, 0.4) is 0 Å².